The van der Waals surface area contributed by atoms with Gasteiger partial charge in [0.2, 0.25) is 5.91 Å². The number of aliphatic carboxylic acids is 1. The van der Waals surface area contributed by atoms with Crippen LogP contribution < -0.4 is 16.1 Å². The van der Waals surface area contributed by atoms with Gasteiger partial charge in [0.25, 0.3) is 5.91 Å². The summed E-state index contributed by atoms with van der Waals surface area (Å²) in [5, 5.41) is 21.6. The minimum absolute atomic E-state index is 0.102. The van der Waals surface area contributed by atoms with Gasteiger partial charge in [-0.05, 0) is 12.5 Å². The van der Waals surface area contributed by atoms with E-state index in [1.165, 1.54) is 5.48 Å². The Labute approximate surface area is 152 Å². The zero-order chi connectivity index (χ0) is 20.6. The van der Waals surface area contributed by atoms with Crippen LogP contribution in [0.2, 0.25) is 0 Å². The molecule has 0 saturated carbocycles. The van der Waals surface area contributed by atoms with Gasteiger partial charge in [0.15, 0.2) is 0 Å². The molecule has 2 amide bonds. The Bertz CT molecular complexity index is 654. The first-order valence-corrected chi connectivity index (χ1v) is 7.87. The van der Waals surface area contributed by atoms with Crippen LogP contribution in [0.15, 0.2) is 30.3 Å². The first-order valence-electron chi connectivity index (χ1n) is 7.87. The number of hydrogen-bond acceptors (Lipinski definition) is 5. The molecule has 1 aromatic rings. The smallest absolute Gasteiger partial charge is 0.404 e. The maximum absolute atomic E-state index is 13.1. The molecule has 3 atom stereocenters. The van der Waals surface area contributed by atoms with E-state index in [0.717, 1.165) is 6.92 Å². The molecule has 0 aliphatic carbocycles. The maximum Gasteiger partial charge on any atom is 0.404 e. The fraction of sp³-hybridized carbons (Fsp3) is 0.438. The topological polar surface area (TPSA) is 128 Å². The molecule has 0 aliphatic heterocycles. The van der Waals surface area contributed by atoms with Crippen molar-refractivity contribution in [1.29, 1.82) is 0 Å². The summed E-state index contributed by atoms with van der Waals surface area (Å²) < 4.78 is 39.3. The quantitative estimate of drug-likeness (QED) is 0.310. The number of carboxylic acids is 1. The number of nitrogens with one attached hydrogen (secondary N) is 3. The van der Waals surface area contributed by atoms with Crippen LogP contribution in [0.25, 0.3) is 0 Å². The van der Waals surface area contributed by atoms with Gasteiger partial charge in [-0.1, -0.05) is 30.3 Å². The number of hydrogen-bond donors (Lipinski definition) is 5. The van der Waals surface area contributed by atoms with E-state index in [1.54, 1.807) is 30.3 Å². The third kappa shape index (κ3) is 7.62. The first kappa shape index (κ1) is 22.4. The van der Waals surface area contributed by atoms with Crippen molar-refractivity contribution in [2.75, 3.05) is 0 Å². The highest BCUT2D eigenvalue weighted by atomic mass is 19.4. The van der Waals surface area contributed by atoms with Crippen molar-refractivity contribution in [2.45, 2.75) is 44.1 Å². The number of rotatable bonds is 9. The number of carbonyl (C=O) groups excluding carboxylic acids is 2. The lowest BCUT2D eigenvalue weighted by Gasteiger charge is -2.25. The Morgan fingerprint density at radius 1 is 1.15 bits per heavy atom. The monoisotopic (exact) mass is 391 g/mol. The molecular formula is C16H20F3N3O5. The number of hydroxylamine groups is 1. The van der Waals surface area contributed by atoms with Gasteiger partial charge in [0, 0.05) is 6.42 Å². The van der Waals surface area contributed by atoms with Gasteiger partial charge in [-0.3, -0.25) is 20.1 Å². The van der Waals surface area contributed by atoms with E-state index < -0.39 is 48.5 Å². The molecule has 8 nitrogen and oxygen atoms in total. The van der Waals surface area contributed by atoms with Crippen molar-refractivity contribution in [3.63, 3.8) is 0 Å². The molecule has 150 valence electrons. The molecule has 0 fully saturated rings. The van der Waals surface area contributed by atoms with Crippen LogP contribution in [0.1, 0.15) is 18.9 Å². The number of benzene rings is 1. The van der Waals surface area contributed by atoms with Crippen LogP contribution in [0.4, 0.5) is 13.2 Å². The summed E-state index contributed by atoms with van der Waals surface area (Å²) in [4.78, 5) is 34.4. The molecule has 0 aliphatic rings. The van der Waals surface area contributed by atoms with Crippen molar-refractivity contribution in [2.24, 2.45) is 0 Å². The highest BCUT2D eigenvalue weighted by molar-refractivity contribution is 5.84. The second-order valence-corrected chi connectivity index (χ2v) is 5.81. The maximum atomic E-state index is 13.1. The van der Waals surface area contributed by atoms with Crippen LogP contribution in [0.5, 0.6) is 0 Å². The summed E-state index contributed by atoms with van der Waals surface area (Å²) >= 11 is 0. The SMILES string of the molecule is C[C@H](N[C@@H](CC(=O)N[C@@H](Cc1ccccc1)C(=O)O)C(F)(F)F)C(=O)NO. The Balaban J connectivity index is 2.78. The molecule has 0 saturated heterocycles. The normalized spacial score (nSPS) is 14.7. The van der Waals surface area contributed by atoms with E-state index in [4.69, 9.17) is 5.21 Å². The minimum Gasteiger partial charge on any atom is -0.480 e. The molecule has 11 heteroatoms. The molecular weight excluding hydrogens is 371 g/mol. The van der Waals surface area contributed by atoms with Gasteiger partial charge in [0.1, 0.15) is 12.1 Å². The predicted molar refractivity (Wildman–Crippen MR) is 86.7 cm³/mol. The van der Waals surface area contributed by atoms with Crippen LogP contribution in [-0.2, 0) is 20.8 Å². The number of carbonyl (C=O) groups is 3. The molecule has 0 bridgehead atoms. The lowest BCUT2D eigenvalue weighted by Crippen LogP contribution is -2.54. The minimum atomic E-state index is -4.88. The van der Waals surface area contributed by atoms with Crippen molar-refractivity contribution in [3.05, 3.63) is 35.9 Å². The summed E-state index contributed by atoms with van der Waals surface area (Å²) in [7, 11) is 0. The fourth-order valence-electron chi connectivity index (χ4n) is 2.23. The fourth-order valence-corrected chi connectivity index (χ4v) is 2.23. The molecule has 0 radical (unpaired) electrons. The first-order chi connectivity index (χ1) is 12.5. The molecule has 0 spiro atoms. The van der Waals surface area contributed by atoms with Crippen LogP contribution in [0.3, 0.4) is 0 Å². The molecule has 0 aromatic heterocycles. The van der Waals surface area contributed by atoms with Crippen molar-refractivity contribution in [1.82, 2.24) is 16.1 Å². The molecule has 0 heterocycles. The van der Waals surface area contributed by atoms with Crippen molar-refractivity contribution in [3.8, 4) is 0 Å². The van der Waals surface area contributed by atoms with E-state index >= 15 is 0 Å². The molecule has 1 aromatic carbocycles. The molecule has 0 unspecified atom stereocenters. The summed E-state index contributed by atoms with van der Waals surface area (Å²) in [6.07, 6.45) is -6.11. The third-order valence-electron chi connectivity index (χ3n) is 3.66. The van der Waals surface area contributed by atoms with Gasteiger partial charge in [0.05, 0.1) is 12.5 Å². The molecule has 27 heavy (non-hydrogen) atoms. The standard InChI is InChI=1S/C16H20F3N3O5/c1-9(14(24)22-27)20-12(16(17,18)19)8-13(23)21-11(15(25)26)7-10-5-3-2-4-6-10/h2-6,9,11-12,20,27H,7-8H2,1H3,(H,21,23)(H,22,24)(H,25,26)/t9-,11-,12-/m0/s1. The average molecular weight is 391 g/mol. The third-order valence-corrected chi connectivity index (χ3v) is 3.66. The second kappa shape index (κ2) is 9.88. The van der Waals surface area contributed by atoms with Gasteiger partial charge in [-0.25, -0.2) is 10.3 Å². The lowest BCUT2D eigenvalue weighted by molar-refractivity contribution is -0.165. The number of alkyl halides is 3. The zero-order valence-corrected chi connectivity index (χ0v) is 14.3. The lowest BCUT2D eigenvalue weighted by atomic mass is 10.1. The van der Waals surface area contributed by atoms with Gasteiger partial charge >= 0.3 is 12.1 Å². The van der Waals surface area contributed by atoms with Crippen molar-refractivity contribution >= 4 is 17.8 Å². The van der Waals surface area contributed by atoms with Gasteiger partial charge < -0.3 is 10.4 Å². The van der Waals surface area contributed by atoms with Crippen LogP contribution in [0, 0.1) is 0 Å². The Kier molecular flexibility index (Phi) is 8.19. The van der Waals surface area contributed by atoms with E-state index in [9.17, 15) is 32.7 Å². The zero-order valence-electron chi connectivity index (χ0n) is 14.3. The van der Waals surface area contributed by atoms with E-state index in [2.05, 4.69) is 5.32 Å². The Hall–Kier alpha value is -2.66. The molecule has 5 N–H and O–H groups in total. The van der Waals surface area contributed by atoms with Crippen LogP contribution >= 0.6 is 0 Å². The van der Waals surface area contributed by atoms with Gasteiger partial charge in [-0.2, -0.15) is 13.2 Å². The predicted octanol–water partition coefficient (Wildman–Crippen LogP) is 0.603. The van der Waals surface area contributed by atoms with Crippen molar-refractivity contribution < 1.29 is 37.9 Å². The number of halogens is 3. The summed E-state index contributed by atoms with van der Waals surface area (Å²) in [6, 6.07) is 3.02. The Morgan fingerprint density at radius 2 is 1.74 bits per heavy atom. The largest absolute Gasteiger partial charge is 0.480 e. The van der Waals surface area contributed by atoms with Gasteiger partial charge in [-0.15, -0.1) is 0 Å². The number of carboxylic acid groups (broad SMARTS) is 1. The van der Waals surface area contributed by atoms with Crippen LogP contribution in [-0.4, -0.2) is 52.4 Å². The van der Waals surface area contributed by atoms with E-state index in [0.29, 0.717) is 5.56 Å². The highest BCUT2D eigenvalue weighted by Crippen LogP contribution is 2.23. The van der Waals surface area contributed by atoms with E-state index in [-0.39, 0.29) is 6.42 Å². The average Bonchev–Trinajstić information content (AvgIpc) is 2.59. The highest BCUT2D eigenvalue weighted by Gasteiger charge is 2.42. The second-order valence-electron chi connectivity index (χ2n) is 5.81. The molecule has 1 rings (SSSR count). The Morgan fingerprint density at radius 3 is 2.22 bits per heavy atom. The summed E-state index contributed by atoms with van der Waals surface area (Å²) in [5.74, 6) is -3.65. The van der Waals surface area contributed by atoms with E-state index in [1.807, 2.05) is 5.32 Å². The summed E-state index contributed by atoms with van der Waals surface area (Å²) in [6.45, 7) is 1.07. The summed E-state index contributed by atoms with van der Waals surface area (Å²) in [5.41, 5.74) is 1.79. The number of amides is 2.